The smallest absolute Gasteiger partial charge is 0.356 e. The summed E-state index contributed by atoms with van der Waals surface area (Å²) in [7, 11) is 0. The number of carbonyl (C=O) groups is 1. The number of nitrogens with zero attached hydrogens (tertiary/aromatic N) is 1. The lowest BCUT2D eigenvalue weighted by atomic mass is 10.2. The summed E-state index contributed by atoms with van der Waals surface area (Å²) in [5.41, 5.74) is 6.60. The van der Waals surface area contributed by atoms with Gasteiger partial charge in [0.05, 0.1) is 10.7 Å². The quantitative estimate of drug-likeness (QED) is 0.754. The van der Waals surface area contributed by atoms with E-state index >= 15 is 0 Å². The second kappa shape index (κ2) is 4.54. The van der Waals surface area contributed by atoms with E-state index in [4.69, 9.17) is 26.9 Å². The molecule has 20 heavy (non-hydrogen) atoms. The zero-order chi connectivity index (χ0) is 14.3. The Hall–Kier alpha value is -2.53. The van der Waals surface area contributed by atoms with Gasteiger partial charge in [-0.3, -0.25) is 0 Å². The maximum absolute atomic E-state index is 11.1. The average Bonchev–Trinajstić information content (AvgIpc) is 2.85. The molecule has 0 fully saturated rings. The highest BCUT2D eigenvalue weighted by Gasteiger charge is 2.17. The Bertz CT molecular complexity index is 793. The molecule has 0 atom stereocenters. The van der Waals surface area contributed by atoms with Crippen molar-refractivity contribution in [3.63, 3.8) is 0 Å². The summed E-state index contributed by atoms with van der Waals surface area (Å²) in [6.45, 7) is 0. The molecule has 0 saturated carbocycles. The van der Waals surface area contributed by atoms with E-state index in [-0.39, 0.29) is 16.4 Å². The van der Waals surface area contributed by atoms with Crippen LogP contribution in [0.15, 0.2) is 40.8 Å². The third-order valence-electron chi connectivity index (χ3n) is 2.87. The van der Waals surface area contributed by atoms with Crippen LogP contribution in [0.3, 0.4) is 0 Å². The van der Waals surface area contributed by atoms with E-state index in [9.17, 15) is 4.79 Å². The van der Waals surface area contributed by atoms with Crippen LogP contribution in [-0.4, -0.2) is 16.1 Å². The van der Waals surface area contributed by atoms with Gasteiger partial charge in [-0.25, -0.2) is 9.78 Å². The average molecular weight is 289 g/mol. The van der Waals surface area contributed by atoms with Crippen LogP contribution in [0.4, 0.5) is 5.69 Å². The zero-order valence-corrected chi connectivity index (χ0v) is 10.9. The van der Waals surface area contributed by atoms with Gasteiger partial charge < -0.3 is 15.3 Å². The molecule has 0 aliphatic carbocycles. The Balaban J connectivity index is 2.21. The number of anilines is 1. The van der Waals surface area contributed by atoms with Gasteiger partial charge in [-0.05, 0) is 18.2 Å². The molecule has 0 saturated heterocycles. The normalized spacial score (nSPS) is 10.8. The molecule has 0 aliphatic rings. The summed E-state index contributed by atoms with van der Waals surface area (Å²) < 4.78 is 5.63. The molecule has 0 radical (unpaired) electrons. The summed E-state index contributed by atoms with van der Waals surface area (Å²) >= 11 is 5.83. The van der Waals surface area contributed by atoms with Gasteiger partial charge in [0.15, 0.2) is 11.5 Å². The maximum atomic E-state index is 11.1. The van der Waals surface area contributed by atoms with E-state index in [0.717, 1.165) is 5.39 Å². The van der Waals surface area contributed by atoms with Gasteiger partial charge in [0, 0.05) is 5.39 Å². The third-order valence-corrected chi connectivity index (χ3v) is 3.26. The standard InChI is InChI=1S/C14H9ClN2O3/c15-12-8(16)6-9(17-13(12)14(18)19)11-5-7-3-1-2-4-10(7)20-11/h1-6H,(H2,16,17)(H,18,19). The maximum Gasteiger partial charge on any atom is 0.356 e. The van der Waals surface area contributed by atoms with Crippen LogP contribution in [-0.2, 0) is 0 Å². The first kappa shape index (κ1) is 12.5. The predicted molar refractivity (Wildman–Crippen MR) is 75.8 cm³/mol. The van der Waals surface area contributed by atoms with E-state index in [2.05, 4.69) is 4.98 Å². The number of para-hydroxylation sites is 1. The van der Waals surface area contributed by atoms with Crippen molar-refractivity contribution in [1.29, 1.82) is 0 Å². The van der Waals surface area contributed by atoms with Crippen molar-refractivity contribution in [3.05, 3.63) is 47.1 Å². The van der Waals surface area contributed by atoms with Crippen molar-refractivity contribution in [1.82, 2.24) is 4.98 Å². The second-order valence-corrected chi connectivity index (χ2v) is 4.59. The summed E-state index contributed by atoms with van der Waals surface area (Å²) in [5.74, 6) is -0.795. The van der Waals surface area contributed by atoms with E-state index in [1.165, 1.54) is 6.07 Å². The highest BCUT2D eigenvalue weighted by molar-refractivity contribution is 6.35. The molecule has 6 heteroatoms. The number of nitrogen functional groups attached to an aromatic ring is 1. The molecule has 0 bridgehead atoms. The van der Waals surface area contributed by atoms with Crippen LogP contribution < -0.4 is 5.73 Å². The van der Waals surface area contributed by atoms with E-state index in [1.807, 2.05) is 24.3 Å². The molecule has 5 nitrogen and oxygen atoms in total. The fraction of sp³-hybridized carbons (Fsp3) is 0. The summed E-state index contributed by atoms with van der Waals surface area (Å²) in [6, 6.07) is 10.7. The fourth-order valence-corrected chi connectivity index (χ4v) is 2.10. The first-order valence-electron chi connectivity index (χ1n) is 5.74. The fourth-order valence-electron chi connectivity index (χ4n) is 1.93. The highest BCUT2D eigenvalue weighted by Crippen LogP contribution is 2.31. The Morgan fingerprint density at radius 2 is 2.05 bits per heavy atom. The number of aromatic carboxylic acids is 1. The van der Waals surface area contributed by atoms with Gasteiger partial charge in [-0.1, -0.05) is 29.8 Å². The zero-order valence-electron chi connectivity index (χ0n) is 10.1. The number of carboxylic acid groups (broad SMARTS) is 1. The lowest BCUT2D eigenvalue weighted by Gasteiger charge is -2.04. The number of fused-ring (bicyclic) bond motifs is 1. The van der Waals surface area contributed by atoms with Gasteiger partial charge >= 0.3 is 5.97 Å². The summed E-state index contributed by atoms with van der Waals surface area (Å²) in [6.07, 6.45) is 0. The number of carboxylic acids is 1. The number of halogens is 1. The molecule has 0 amide bonds. The molecule has 3 N–H and O–H groups in total. The number of benzene rings is 1. The number of pyridine rings is 1. The molecule has 100 valence electrons. The van der Waals surface area contributed by atoms with Crippen molar-refractivity contribution in [2.24, 2.45) is 0 Å². The van der Waals surface area contributed by atoms with Crippen molar-refractivity contribution in [2.45, 2.75) is 0 Å². The van der Waals surface area contributed by atoms with Gasteiger partial charge in [-0.15, -0.1) is 0 Å². The van der Waals surface area contributed by atoms with E-state index < -0.39 is 5.97 Å². The third kappa shape index (κ3) is 1.98. The van der Waals surface area contributed by atoms with Crippen molar-refractivity contribution in [2.75, 3.05) is 5.73 Å². The monoisotopic (exact) mass is 288 g/mol. The minimum atomic E-state index is -1.24. The Morgan fingerprint density at radius 3 is 2.75 bits per heavy atom. The Labute approximate surface area is 118 Å². The van der Waals surface area contributed by atoms with Crippen LogP contribution in [0.2, 0.25) is 5.02 Å². The number of rotatable bonds is 2. The predicted octanol–water partition coefficient (Wildman–Crippen LogP) is 3.43. The molecule has 3 aromatic rings. The van der Waals surface area contributed by atoms with Crippen LogP contribution in [0, 0.1) is 0 Å². The lowest BCUT2D eigenvalue weighted by molar-refractivity contribution is 0.0691. The molecule has 0 unspecified atom stereocenters. The van der Waals surface area contributed by atoms with Gasteiger partial charge in [0.1, 0.15) is 11.3 Å². The van der Waals surface area contributed by atoms with Crippen LogP contribution in [0.1, 0.15) is 10.5 Å². The largest absolute Gasteiger partial charge is 0.476 e. The van der Waals surface area contributed by atoms with Gasteiger partial charge in [-0.2, -0.15) is 0 Å². The molecule has 1 aromatic carbocycles. The Morgan fingerprint density at radius 1 is 1.30 bits per heavy atom. The van der Waals surface area contributed by atoms with Crippen LogP contribution in [0.5, 0.6) is 0 Å². The number of aromatic nitrogens is 1. The number of nitrogens with two attached hydrogens (primary N) is 1. The van der Waals surface area contributed by atoms with Gasteiger partial charge in [0.2, 0.25) is 0 Å². The molecule has 0 spiro atoms. The number of furan rings is 1. The molecule has 2 heterocycles. The SMILES string of the molecule is Nc1cc(-c2cc3ccccc3o2)nc(C(=O)O)c1Cl. The van der Waals surface area contributed by atoms with Crippen LogP contribution in [0.25, 0.3) is 22.4 Å². The summed E-state index contributed by atoms with van der Waals surface area (Å²) in [5, 5.41) is 9.89. The molecular formula is C14H9ClN2O3. The highest BCUT2D eigenvalue weighted by atomic mass is 35.5. The minimum Gasteiger partial charge on any atom is -0.476 e. The molecular weight excluding hydrogens is 280 g/mol. The van der Waals surface area contributed by atoms with Crippen molar-refractivity contribution >= 4 is 34.2 Å². The van der Waals surface area contributed by atoms with E-state index in [1.54, 1.807) is 6.07 Å². The first-order chi connectivity index (χ1) is 9.56. The lowest BCUT2D eigenvalue weighted by Crippen LogP contribution is -2.05. The van der Waals surface area contributed by atoms with Gasteiger partial charge in [0.25, 0.3) is 0 Å². The number of hydrogen-bond donors (Lipinski definition) is 2. The first-order valence-corrected chi connectivity index (χ1v) is 6.12. The van der Waals surface area contributed by atoms with Crippen LogP contribution >= 0.6 is 11.6 Å². The van der Waals surface area contributed by atoms with Crippen molar-refractivity contribution in [3.8, 4) is 11.5 Å². The second-order valence-electron chi connectivity index (χ2n) is 4.21. The number of hydrogen-bond acceptors (Lipinski definition) is 4. The molecule has 0 aliphatic heterocycles. The van der Waals surface area contributed by atoms with Crippen molar-refractivity contribution < 1.29 is 14.3 Å². The van der Waals surface area contributed by atoms with E-state index in [0.29, 0.717) is 17.0 Å². The molecule has 2 aromatic heterocycles. The minimum absolute atomic E-state index is 0.0719. The topological polar surface area (TPSA) is 89.4 Å². The Kier molecular flexibility index (Phi) is 2.84. The summed E-state index contributed by atoms with van der Waals surface area (Å²) in [4.78, 5) is 15.1. The molecule has 3 rings (SSSR count).